The first-order valence-electron chi connectivity index (χ1n) is 8.69. The van der Waals surface area contributed by atoms with Gasteiger partial charge in [-0.2, -0.15) is 4.31 Å². The third-order valence-electron chi connectivity index (χ3n) is 4.51. The summed E-state index contributed by atoms with van der Waals surface area (Å²) in [7, 11) is 0.903. The van der Waals surface area contributed by atoms with E-state index in [1.54, 1.807) is 63.6 Å². The average Bonchev–Trinajstić information content (AvgIpc) is 2.67. The molecule has 8 heteroatoms. The maximum absolute atomic E-state index is 13.1. The number of carbonyl (C=O) groups excluding carboxylic acids is 1. The van der Waals surface area contributed by atoms with Crippen LogP contribution in [0.15, 0.2) is 48.5 Å². The second-order valence-corrected chi connectivity index (χ2v) is 8.47. The Balaban J connectivity index is 2.36. The van der Waals surface area contributed by atoms with Crippen molar-refractivity contribution in [1.29, 1.82) is 0 Å². The third-order valence-corrected chi connectivity index (χ3v) is 5.77. The molecule has 0 radical (unpaired) electrons. The molecule has 0 aromatic heterocycles. The van der Waals surface area contributed by atoms with Gasteiger partial charge in [0, 0.05) is 12.6 Å². The zero-order valence-corrected chi connectivity index (χ0v) is 17.5. The van der Waals surface area contributed by atoms with Crippen molar-refractivity contribution in [3.8, 4) is 11.5 Å². The number of sulfonamides is 1. The van der Waals surface area contributed by atoms with Crippen LogP contribution < -0.4 is 14.8 Å². The highest BCUT2D eigenvalue weighted by atomic mass is 32.2. The van der Waals surface area contributed by atoms with Gasteiger partial charge in [0.25, 0.3) is 0 Å². The average molecular weight is 407 g/mol. The van der Waals surface area contributed by atoms with Crippen LogP contribution in [0.2, 0.25) is 0 Å². The molecular formula is C20H26N2O5S. The van der Waals surface area contributed by atoms with E-state index in [2.05, 4.69) is 5.32 Å². The summed E-state index contributed by atoms with van der Waals surface area (Å²) in [6.45, 7) is 1.80. The molecule has 0 aliphatic rings. The number of benzene rings is 2. The fourth-order valence-corrected chi connectivity index (χ4v) is 3.50. The number of amides is 1. The van der Waals surface area contributed by atoms with Crippen LogP contribution in [0.1, 0.15) is 30.1 Å². The first-order valence-corrected chi connectivity index (χ1v) is 10.5. The fourth-order valence-electron chi connectivity index (χ4n) is 2.90. The summed E-state index contributed by atoms with van der Waals surface area (Å²) in [6.07, 6.45) is 1.07. The van der Waals surface area contributed by atoms with Gasteiger partial charge in [-0.3, -0.25) is 4.79 Å². The van der Waals surface area contributed by atoms with Gasteiger partial charge in [0.2, 0.25) is 15.9 Å². The summed E-state index contributed by atoms with van der Waals surface area (Å²) in [5, 5.41) is 2.89. The Morgan fingerprint density at radius 1 is 1.07 bits per heavy atom. The number of methoxy groups -OCH3 is 2. The molecule has 152 valence electrons. The van der Waals surface area contributed by atoms with Crippen molar-refractivity contribution < 1.29 is 22.7 Å². The van der Waals surface area contributed by atoms with Crippen LogP contribution in [0.25, 0.3) is 0 Å². The van der Waals surface area contributed by atoms with Crippen molar-refractivity contribution in [1.82, 2.24) is 9.62 Å². The van der Waals surface area contributed by atoms with Crippen LogP contribution in [-0.4, -0.2) is 46.2 Å². The zero-order chi connectivity index (χ0) is 20.9. The molecule has 1 amide bonds. The van der Waals surface area contributed by atoms with Gasteiger partial charge in [0.1, 0.15) is 17.5 Å². The molecule has 0 heterocycles. The van der Waals surface area contributed by atoms with Crippen molar-refractivity contribution in [2.75, 3.05) is 27.5 Å². The Hall–Kier alpha value is -2.58. The van der Waals surface area contributed by atoms with Crippen LogP contribution >= 0.6 is 0 Å². The molecule has 0 aliphatic heterocycles. The highest BCUT2D eigenvalue weighted by Gasteiger charge is 2.31. The maximum Gasteiger partial charge on any atom is 0.243 e. The molecule has 1 N–H and O–H groups in total. The molecule has 0 saturated heterocycles. The molecule has 0 spiro atoms. The second kappa shape index (κ2) is 9.07. The monoisotopic (exact) mass is 406 g/mol. The van der Waals surface area contributed by atoms with Crippen molar-refractivity contribution in [3.05, 3.63) is 59.7 Å². The largest absolute Gasteiger partial charge is 0.497 e. The van der Waals surface area contributed by atoms with Crippen molar-refractivity contribution in [2.24, 2.45) is 0 Å². The van der Waals surface area contributed by atoms with Crippen molar-refractivity contribution >= 4 is 15.9 Å². The minimum absolute atomic E-state index is 0.434. The van der Waals surface area contributed by atoms with E-state index in [-0.39, 0.29) is 0 Å². The minimum Gasteiger partial charge on any atom is -0.497 e. The van der Waals surface area contributed by atoms with Gasteiger partial charge in [-0.1, -0.05) is 30.3 Å². The van der Waals surface area contributed by atoms with E-state index < -0.39 is 28.0 Å². The Morgan fingerprint density at radius 3 is 2.25 bits per heavy atom. The summed E-state index contributed by atoms with van der Waals surface area (Å²) in [4.78, 5) is 13.1. The fraction of sp³-hybridized carbons (Fsp3) is 0.350. The normalized spacial score (nSPS) is 13.6. The highest BCUT2D eigenvalue weighted by molar-refractivity contribution is 7.88. The predicted octanol–water partition coefficient (Wildman–Crippen LogP) is 2.51. The first-order chi connectivity index (χ1) is 13.2. The summed E-state index contributed by atoms with van der Waals surface area (Å²) in [6, 6.07) is 12.7. The Kier molecular flexibility index (Phi) is 7.04. The quantitative estimate of drug-likeness (QED) is 0.728. The topological polar surface area (TPSA) is 84.9 Å². The molecule has 0 fully saturated rings. The van der Waals surface area contributed by atoms with E-state index in [0.29, 0.717) is 17.1 Å². The highest BCUT2D eigenvalue weighted by Crippen LogP contribution is 2.30. The second-order valence-electron chi connectivity index (χ2n) is 6.43. The molecule has 0 bridgehead atoms. The lowest BCUT2D eigenvalue weighted by Crippen LogP contribution is -2.42. The van der Waals surface area contributed by atoms with Crippen molar-refractivity contribution in [3.63, 3.8) is 0 Å². The zero-order valence-electron chi connectivity index (χ0n) is 16.7. The first kappa shape index (κ1) is 21.7. The van der Waals surface area contributed by atoms with E-state index in [1.165, 1.54) is 7.05 Å². The van der Waals surface area contributed by atoms with Crippen LogP contribution in [0.4, 0.5) is 0 Å². The molecule has 7 nitrogen and oxygen atoms in total. The molecule has 2 aromatic rings. The molecule has 2 rings (SSSR count). The third kappa shape index (κ3) is 5.02. The number of likely N-dealkylation sites (N-methyl/N-ethyl adjacent to an activating group) is 1. The van der Waals surface area contributed by atoms with E-state index in [4.69, 9.17) is 9.47 Å². The van der Waals surface area contributed by atoms with Crippen LogP contribution in [0, 0.1) is 0 Å². The van der Waals surface area contributed by atoms with Crippen LogP contribution in [-0.2, 0) is 14.8 Å². The summed E-state index contributed by atoms with van der Waals surface area (Å²) >= 11 is 0. The van der Waals surface area contributed by atoms with Gasteiger partial charge in [-0.25, -0.2) is 8.42 Å². The molecular weight excluding hydrogens is 380 g/mol. The van der Waals surface area contributed by atoms with E-state index in [1.807, 2.05) is 6.07 Å². The Labute approximate surface area is 166 Å². The number of nitrogens with zero attached hydrogens (tertiary/aromatic N) is 1. The van der Waals surface area contributed by atoms with E-state index >= 15 is 0 Å². The van der Waals surface area contributed by atoms with Gasteiger partial charge >= 0.3 is 0 Å². The number of rotatable bonds is 8. The summed E-state index contributed by atoms with van der Waals surface area (Å²) in [5.74, 6) is 0.794. The maximum atomic E-state index is 13.1. The number of ether oxygens (including phenoxy) is 2. The number of hydrogen-bond donors (Lipinski definition) is 1. The molecule has 0 aliphatic carbocycles. The lowest BCUT2D eigenvalue weighted by atomic mass is 10.0. The standard InChI is InChI=1S/C20H26N2O5S/c1-14(17-13-16(26-3)11-12-18(17)27-4)21-20(23)19(22(2)28(5,24)25)15-9-7-6-8-10-15/h6-14,19H,1-5H3,(H,21,23)/t14-,19-/m1/s1. The lowest BCUT2D eigenvalue weighted by molar-refractivity contribution is -0.125. The predicted molar refractivity (Wildman–Crippen MR) is 108 cm³/mol. The summed E-state index contributed by atoms with van der Waals surface area (Å²) < 4.78 is 35.9. The van der Waals surface area contributed by atoms with Gasteiger partial charge in [0.15, 0.2) is 0 Å². The number of nitrogens with one attached hydrogen (secondary N) is 1. The Morgan fingerprint density at radius 2 is 1.71 bits per heavy atom. The van der Waals surface area contributed by atoms with E-state index in [0.717, 1.165) is 16.1 Å². The van der Waals surface area contributed by atoms with Gasteiger partial charge in [-0.05, 0) is 30.7 Å². The molecule has 28 heavy (non-hydrogen) atoms. The SMILES string of the molecule is COc1ccc(OC)c([C@@H](C)NC(=O)[C@@H](c2ccccc2)N(C)S(C)(=O)=O)c1. The van der Waals surface area contributed by atoms with Crippen LogP contribution in [0.5, 0.6) is 11.5 Å². The molecule has 2 aromatic carbocycles. The van der Waals surface area contributed by atoms with Gasteiger partial charge < -0.3 is 14.8 Å². The molecule has 0 saturated carbocycles. The van der Waals surface area contributed by atoms with Gasteiger partial charge in [0.05, 0.1) is 26.5 Å². The van der Waals surface area contributed by atoms with Crippen LogP contribution in [0.3, 0.4) is 0 Å². The number of hydrogen-bond acceptors (Lipinski definition) is 5. The smallest absolute Gasteiger partial charge is 0.243 e. The number of carbonyl (C=O) groups is 1. The van der Waals surface area contributed by atoms with E-state index in [9.17, 15) is 13.2 Å². The minimum atomic E-state index is -3.59. The van der Waals surface area contributed by atoms with Crippen molar-refractivity contribution in [2.45, 2.75) is 19.0 Å². The molecule has 2 atom stereocenters. The van der Waals surface area contributed by atoms with Gasteiger partial charge in [-0.15, -0.1) is 0 Å². The summed E-state index contributed by atoms with van der Waals surface area (Å²) in [5.41, 5.74) is 1.31. The lowest BCUT2D eigenvalue weighted by Gasteiger charge is -2.27. The Bertz CT molecular complexity index is 915. The molecule has 0 unspecified atom stereocenters.